The summed E-state index contributed by atoms with van der Waals surface area (Å²) in [6.07, 6.45) is 4.82. The number of thiazole rings is 1. The fourth-order valence-corrected chi connectivity index (χ4v) is 6.03. The van der Waals surface area contributed by atoms with E-state index in [1.54, 1.807) is 11.3 Å². The molecule has 27 heavy (non-hydrogen) atoms. The van der Waals surface area contributed by atoms with Crippen LogP contribution >= 0.6 is 11.3 Å². The molecule has 3 heterocycles. The summed E-state index contributed by atoms with van der Waals surface area (Å²) in [4.78, 5) is 20.7. The van der Waals surface area contributed by atoms with Crippen LogP contribution in [0.15, 0.2) is 24.3 Å². The summed E-state index contributed by atoms with van der Waals surface area (Å²) in [6, 6.07) is 8.29. The maximum absolute atomic E-state index is 13.7. The zero-order valence-electron chi connectivity index (χ0n) is 16.5. The minimum absolute atomic E-state index is 0.314. The van der Waals surface area contributed by atoms with Crippen LogP contribution in [0.5, 0.6) is 0 Å². The van der Waals surface area contributed by atoms with Crippen LogP contribution in [0.3, 0.4) is 0 Å². The Labute approximate surface area is 166 Å². The van der Waals surface area contributed by atoms with E-state index in [9.17, 15) is 4.79 Å². The molecule has 2 aromatic rings. The lowest BCUT2D eigenvalue weighted by Crippen LogP contribution is -2.45. The van der Waals surface area contributed by atoms with Crippen molar-refractivity contribution in [3.63, 3.8) is 0 Å². The predicted molar refractivity (Wildman–Crippen MR) is 112 cm³/mol. The number of hydrogen-bond donors (Lipinski definition) is 1. The van der Waals surface area contributed by atoms with Gasteiger partial charge in [-0.1, -0.05) is 26.0 Å². The summed E-state index contributed by atoms with van der Waals surface area (Å²) >= 11 is 1.75. The van der Waals surface area contributed by atoms with Gasteiger partial charge in [0, 0.05) is 19.5 Å². The van der Waals surface area contributed by atoms with Gasteiger partial charge >= 0.3 is 0 Å². The van der Waals surface area contributed by atoms with Gasteiger partial charge in [0.1, 0.15) is 0 Å². The molecule has 146 valence electrons. The molecule has 2 atom stereocenters. The minimum atomic E-state index is -0.314. The lowest BCUT2D eigenvalue weighted by molar-refractivity contribution is -0.142. The number of carbonyl (C=O) groups excluding carboxylic acids is 1. The van der Waals surface area contributed by atoms with Crippen molar-refractivity contribution in [3.05, 3.63) is 29.3 Å². The molecule has 1 N–H and O–H groups in total. The van der Waals surface area contributed by atoms with Gasteiger partial charge in [-0.2, -0.15) is 0 Å². The first-order chi connectivity index (χ1) is 13.1. The zero-order valence-corrected chi connectivity index (χ0v) is 17.4. The molecular formula is C22H31N3OS. The lowest BCUT2D eigenvalue weighted by Gasteiger charge is -2.35. The van der Waals surface area contributed by atoms with E-state index in [0.29, 0.717) is 5.91 Å². The molecule has 0 bridgehead atoms. The molecule has 0 saturated carbocycles. The molecule has 2 aliphatic heterocycles. The Hall–Kier alpha value is -1.46. The quantitative estimate of drug-likeness (QED) is 0.843. The van der Waals surface area contributed by atoms with Crippen LogP contribution in [-0.4, -0.2) is 42.0 Å². The second-order valence-corrected chi connectivity index (χ2v) is 9.40. The van der Waals surface area contributed by atoms with Crippen molar-refractivity contribution in [2.24, 2.45) is 17.3 Å². The van der Waals surface area contributed by atoms with Gasteiger partial charge in [-0.15, -0.1) is 11.3 Å². The number of nitrogens with one attached hydrogen (secondary N) is 1. The highest BCUT2D eigenvalue weighted by Gasteiger charge is 2.41. The first-order valence-electron chi connectivity index (χ1n) is 10.5. The largest absolute Gasteiger partial charge is 0.342 e. The van der Waals surface area contributed by atoms with Crippen LogP contribution in [0.25, 0.3) is 10.2 Å². The second-order valence-electron chi connectivity index (χ2n) is 8.29. The molecule has 4 nitrogen and oxygen atoms in total. The van der Waals surface area contributed by atoms with E-state index >= 15 is 0 Å². The van der Waals surface area contributed by atoms with Crippen LogP contribution in [0.4, 0.5) is 0 Å². The van der Waals surface area contributed by atoms with Crippen LogP contribution in [-0.2, 0) is 11.2 Å². The number of rotatable bonds is 5. The Morgan fingerprint density at radius 3 is 2.48 bits per heavy atom. The number of nitrogens with zero attached hydrogens (tertiary/aromatic N) is 2. The monoisotopic (exact) mass is 385 g/mol. The first kappa shape index (κ1) is 18.9. The Balaban J connectivity index is 1.53. The fraction of sp³-hybridized carbons (Fsp3) is 0.636. The molecule has 0 radical (unpaired) electrons. The van der Waals surface area contributed by atoms with Crippen LogP contribution in [0, 0.1) is 17.3 Å². The average molecular weight is 386 g/mol. The molecule has 0 aliphatic carbocycles. The molecule has 1 aromatic heterocycles. The topological polar surface area (TPSA) is 45.2 Å². The van der Waals surface area contributed by atoms with Gasteiger partial charge in [0.05, 0.1) is 20.6 Å². The molecule has 2 fully saturated rings. The maximum Gasteiger partial charge on any atom is 0.229 e. The summed E-state index contributed by atoms with van der Waals surface area (Å²) < 4.78 is 1.22. The molecule has 1 amide bonds. The number of likely N-dealkylation sites (tertiary alicyclic amines) is 1. The third kappa shape index (κ3) is 3.64. The smallest absolute Gasteiger partial charge is 0.229 e. The molecular weight excluding hydrogens is 354 g/mol. The molecule has 2 aliphatic rings. The zero-order chi connectivity index (χ0) is 18.9. The van der Waals surface area contributed by atoms with Gasteiger partial charge < -0.3 is 10.2 Å². The standard InChI is InChI=1S/C22H31N3OS/c1-3-22(4-2,13-20-24-18-7-5-6-8-19(18)27-20)21(26)25-11-9-16-14-23-15-17(16)10-12-25/h5-8,16-17,23H,3-4,9-15H2,1-2H3/t16-,17+. The predicted octanol–water partition coefficient (Wildman–Crippen LogP) is 4.10. The Morgan fingerprint density at radius 2 is 1.85 bits per heavy atom. The third-order valence-corrected chi connectivity index (χ3v) is 7.98. The summed E-state index contributed by atoms with van der Waals surface area (Å²) in [6.45, 7) is 8.44. The Kier molecular flexibility index (Phi) is 5.51. The number of aromatic nitrogens is 1. The van der Waals surface area contributed by atoms with Gasteiger partial charge in [-0.3, -0.25) is 4.79 Å². The number of amides is 1. The van der Waals surface area contributed by atoms with Gasteiger partial charge in [-0.25, -0.2) is 4.98 Å². The van der Waals surface area contributed by atoms with Crippen LogP contribution < -0.4 is 5.32 Å². The number of para-hydroxylation sites is 1. The van der Waals surface area contributed by atoms with Crippen molar-refractivity contribution in [1.29, 1.82) is 0 Å². The highest BCUT2D eigenvalue weighted by atomic mass is 32.1. The van der Waals surface area contributed by atoms with Gasteiger partial charge in [-0.05, 0) is 62.7 Å². The van der Waals surface area contributed by atoms with E-state index in [-0.39, 0.29) is 5.41 Å². The van der Waals surface area contributed by atoms with Gasteiger partial charge in [0.2, 0.25) is 5.91 Å². The third-order valence-electron chi connectivity index (χ3n) is 6.94. The first-order valence-corrected chi connectivity index (χ1v) is 11.3. The number of hydrogen-bond acceptors (Lipinski definition) is 4. The van der Waals surface area contributed by atoms with Crippen molar-refractivity contribution >= 4 is 27.5 Å². The summed E-state index contributed by atoms with van der Waals surface area (Å²) in [5.74, 6) is 1.87. The average Bonchev–Trinajstić information content (AvgIpc) is 3.27. The van der Waals surface area contributed by atoms with Crippen LogP contribution in [0.2, 0.25) is 0 Å². The van der Waals surface area contributed by atoms with Crippen LogP contribution in [0.1, 0.15) is 44.5 Å². The number of carbonyl (C=O) groups is 1. The molecule has 4 rings (SSSR count). The lowest BCUT2D eigenvalue weighted by atomic mass is 9.78. The van der Waals surface area contributed by atoms with E-state index in [2.05, 4.69) is 42.3 Å². The second kappa shape index (κ2) is 7.88. The van der Waals surface area contributed by atoms with Crippen molar-refractivity contribution in [2.45, 2.75) is 46.0 Å². The minimum Gasteiger partial charge on any atom is -0.342 e. The van der Waals surface area contributed by atoms with E-state index in [4.69, 9.17) is 4.98 Å². The fourth-order valence-electron chi connectivity index (χ4n) is 4.92. The van der Waals surface area contributed by atoms with Crippen molar-refractivity contribution in [3.8, 4) is 0 Å². The highest BCUT2D eigenvalue weighted by molar-refractivity contribution is 7.18. The van der Waals surface area contributed by atoms with E-state index in [1.807, 2.05) is 6.07 Å². The summed E-state index contributed by atoms with van der Waals surface area (Å²) in [7, 11) is 0. The number of benzene rings is 1. The molecule has 2 saturated heterocycles. The number of fused-ring (bicyclic) bond motifs is 2. The van der Waals surface area contributed by atoms with E-state index < -0.39 is 0 Å². The Bertz CT molecular complexity index is 751. The van der Waals surface area contributed by atoms with E-state index in [1.165, 1.54) is 4.70 Å². The SMILES string of the molecule is CCC(CC)(Cc1nc2ccccc2s1)C(=O)N1CC[C@@H]2CNC[C@@H]2CC1. The summed E-state index contributed by atoms with van der Waals surface area (Å²) in [5, 5.41) is 4.62. The molecule has 5 heteroatoms. The maximum atomic E-state index is 13.7. The molecule has 1 aromatic carbocycles. The van der Waals surface area contributed by atoms with E-state index in [0.717, 1.165) is 80.6 Å². The Morgan fingerprint density at radius 1 is 1.19 bits per heavy atom. The normalized spacial score (nSPS) is 23.4. The van der Waals surface area contributed by atoms with Crippen molar-refractivity contribution in [1.82, 2.24) is 15.2 Å². The summed E-state index contributed by atoms with van der Waals surface area (Å²) in [5.41, 5.74) is 0.743. The van der Waals surface area contributed by atoms with Crippen molar-refractivity contribution < 1.29 is 4.79 Å². The molecule has 0 unspecified atom stereocenters. The molecule has 0 spiro atoms. The highest BCUT2D eigenvalue weighted by Crippen LogP contribution is 2.37. The van der Waals surface area contributed by atoms with Gasteiger partial charge in [0.15, 0.2) is 0 Å². The van der Waals surface area contributed by atoms with Crippen molar-refractivity contribution in [2.75, 3.05) is 26.2 Å². The van der Waals surface area contributed by atoms with Gasteiger partial charge in [0.25, 0.3) is 0 Å².